The van der Waals surface area contributed by atoms with Gasteiger partial charge in [0.15, 0.2) is 0 Å². The summed E-state index contributed by atoms with van der Waals surface area (Å²) in [4.78, 5) is 21.4. The van der Waals surface area contributed by atoms with E-state index >= 15 is 0 Å². The molecule has 0 aromatic rings. The third-order valence-corrected chi connectivity index (χ3v) is 1.35. The van der Waals surface area contributed by atoms with Crippen LogP contribution in [0, 0.1) is 0 Å². The molecule has 4 heteroatoms. The fraction of sp³-hybridized carbons (Fsp3) is 0.714. The molecule has 0 amide bonds. The highest BCUT2D eigenvalue weighted by molar-refractivity contribution is 5.77. The van der Waals surface area contributed by atoms with Gasteiger partial charge in [0.1, 0.15) is 0 Å². The maximum Gasteiger partial charge on any atom is 0.306 e. The van der Waals surface area contributed by atoms with Crippen molar-refractivity contribution in [2.45, 2.75) is 19.3 Å². The van der Waals surface area contributed by atoms with E-state index in [2.05, 4.69) is 0 Å². The molecule has 0 radical (unpaired) electrons. The van der Waals surface area contributed by atoms with Crippen molar-refractivity contribution in [3.05, 3.63) is 0 Å². The molecule has 11 heavy (non-hydrogen) atoms. The molecule has 0 N–H and O–H groups in total. The summed E-state index contributed by atoms with van der Waals surface area (Å²) in [6, 6.07) is 0. The van der Waals surface area contributed by atoms with Crippen LogP contribution in [0.4, 0.5) is 0 Å². The normalized spacial score (nSPS) is 20.7. The predicted molar refractivity (Wildman–Crippen MR) is 35.8 cm³/mol. The van der Waals surface area contributed by atoms with Crippen LogP contribution in [0.3, 0.4) is 0 Å². The number of carbonyl (C=O) groups excluding carboxylic acids is 2. The Kier molecular flexibility index (Phi) is 2.89. The number of esters is 2. The van der Waals surface area contributed by atoms with E-state index in [1.165, 1.54) is 0 Å². The molecule has 0 bridgehead atoms. The number of cyclic esters (lactones) is 2. The average molecular weight is 158 g/mol. The third-order valence-electron chi connectivity index (χ3n) is 1.35. The second-order valence-electron chi connectivity index (χ2n) is 2.29. The lowest BCUT2D eigenvalue weighted by Crippen LogP contribution is -2.06. The van der Waals surface area contributed by atoms with Gasteiger partial charge >= 0.3 is 11.9 Å². The lowest BCUT2D eigenvalue weighted by Gasteiger charge is -1.99. The predicted octanol–water partition coefficient (Wildman–Crippen LogP) is 0.257. The summed E-state index contributed by atoms with van der Waals surface area (Å²) in [5.74, 6) is -0.632. The molecule has 0 aromatic carbocycles. The molecule has 62 valence electrons. The van der Waals surface area contributed by atoms with Crippen molar-refractivity contribution in [2.75, 3.05) is 13.2 Å². The largest absolute Gasteiger partial charge is 0.466 e. The minimum absolute atomic E-state index is 0.138. The van der Waals surface area contributed by atoms with Crippen molar-refractivity contribution in [3.8, 4) is 0 Å². The van der Waals surface area contributed by atoms with Gasteiger partial charge in [-0.05, 0) is 0 Å². The summed E-state index contributed by atoms with van der Waals surface area (Å²) in [6.45, 7) is 0.707. The minimum atomic E-state index is -0.316. The summed E-state index contributed by atoms with van der Waals surface area (Å²) in [5.41, 5.74) is 0. The maximum absolute atomic E-state index is 10.7. The van der Waals surface area contributed by atoms with Crippen LogP contribution in [-0.2, 0) is 19.1 Å². The number of ether oxygens (including phenoxy) is 2. The fourth-order valence-corrected chi connectivity index (χ4v) is 0.779. The fourth-order valence-electron chi connectivity index (χ4n) is 0.779. The highest BCUT2D eigenvalue weighted by Crippen LogP contribution is 2.00. The van der Waals surface area contributed by atoms with Crippen LogP contribution in [-0.4, -0.2) is 25.2 Å². The lowest BCUT2D eigenvalue weighted by atomic mass is 10.3. The van der Waals surface area contributed by atoms with E-state index < -0.39 is 0 Å². The van der Waals surface area contributed by atoms with Gasteiger partial charge in [-0.1, -0.05) is 0 Å². The molecule has 1 aliphatic rings. The van der Waals surface area contributed by atoms with Gasteiger partial charge in [-0.2, -0.15) is 0 Å². The van der Waals surface area contributed by atoms with Gasteiger partial charge in [-0.3, -0.25) is 9.59 Å². The molecule has 0 unspecified atom stereocenters. The van der Waals surface area contributed by atoms with Crippen LogP contribution in [0.1, 0.15) is 19.3 Å². The Bertz CT molecular complexity index is 146. The van der Waals surface area contributed by atoms with E-state index in [1.807, 2.05) is 0 Å². The summed E-state index contributed by atoms with van der Waals surface area (Å²) in [5, 5.41) is 0. The summed E-state index contributed by atoms with van der Waals surface area (Å²) >= 11 is 0. The van der Waals surface area contributed by atoms with Gasteiger partial charge in [0.2, 0.25) is 0 Å². The van der Waals surface area contributed by atoms with Crippen molar-refractivity contribution in [1.29, 1.82) is 0 Å². The molecule has 0 aromatic heterocycles. The van der Waals surface area contributed by atoms with Crippen LogP contribution >= 0.6 is 0 Å². The summed E-state index contributed by atoms with van der Waals surface area (Å²) in [7, 11) is 0. The van der Waals surface area contributed by atoms with Gasteiger partial charge in [0.25, 0.3) is 0 Å². The Morgan fingerprint density at radius 1 is 0.909 bits per heavy atom. The smallest absolute Gasteiger partial charge is 0.306 e. The molecule has 1 fully saturated rings. The molecule has 1 aliphatic heterocycles. The molecule has 0 saturated carbocycles. The first kappa shape index (κ1) is 8.04. The number of rotatable bonds is 0. The first-order chi connectivity index (χ1) is 5.29. The molecule has 1 saturated heterocycles. The topological polar surface area (TPSA) is 52.6 Å². The van der Waals surface area contributed by atoms with E-state index in [9.17, 15) is 9.59 Å². The zero-order valence-corrected chi connectivity index (χ0v) is 6.17. The quantitative estimate of drug-likeness (QED) is 0.474. The monoisotopic (exact) mass is 158 g/mol. The molecule has 0 aliphatic carbocycles. The maximum atomic E-state index is 10.7. The van der Waals surface area contributed by atoms with Crippen molar-refractivity contribution >= 4 is 11.9 Å². The number of hydrogen-bond acceptors (Lipinski definition) is 4. The van der Waals surface area contributed by atoms with Gasteiger partial charge in [-0.25, -0.2) is 0 Å². The molecule has 4 nitrogen and oxygen atoms in total. The standard InChI is InChI=1S/C7H10O4/c8-6-2-3-7(9)11-5-1-4-10-6/h1-5H2. The number of carbonyl (C=O) groups is 2. The Morgan fingerprint density at radius 2 is 1.36 bits per heavy atom. The van der Waals surface area contributed by atoms with Crippen molar-refractivity contribution in [2.24, 2.45) is 0 Å². The van der Waals surface area contributed by atoms with E-state index in [4.69, 9.17) is 9.47 Å². The molecule has 0 atom stereocenters. The Balaban J connectivity index is 2.37. The molecular formula is C7H10O4. The molecule has 1 heterocycles. The van der Waals surface area contributed by atoms with Crippen LogP contribution in [0.5, 0.6) is 0 Å². The van der Waals surface area contributed by atoms with E-state index in [-0.39, 0.29) is 24.8 Å². The number of hydrogen-bond donors (Lipinski definition) is 0. The zero-order valence-electron chi connectivity index (χ0n) is 6.17. The minimum Gasteiger partial charge on any atom is -0.466 e. The summed E-state index contributed by atoms with van der Waals surface area (Å²) < 4.78 is 9.48. The lowest BCUT2D eigenvalue weighted by molar-refractivity contribution is -0.147. The highest BCUT2D eigenvalue weighted by Gasteiger charge is 2.11. The van der Waals surface area contributed by atoms with Crippen LogP contribution in [0.25, 0.3) is 0 Å². The van der Waals surface area contributed by atoms with Crippen molar-refractivity contribution < 1.29 is 19.1 Å². The van der Waals surface area contributed by atoms with E-state index in [0.717, 1.165) is 0 Å². The zero-order chi connectivity index (χ0) is 8.10. The third kappa shape index (κ3) is 3.02. The first-order valence-electron chi connectivity index (χ1n) is 3.60. The van der Waals surface area contributed by atoms with Gasteiger partial charge in [0.05, 0.1) is 26.1 Å². The van der Waals surface area contributed by atoms with Crippen LogP contribution < -0.4 is 0 Å². The van der Waals surface area contributed by atoms with E-state index in [0.29, 0.717) is 19.6 Å². The Labute approximate surface area is 64.5 Å². The van der Waals surface area contributed by atoms with Gasteiger partial charge in [0, 0.05) is 6.42 Å². The van der Waals surface area contributed by atoms with Gasteiger partial charge < -0.3 is 9.47 Å². The Hall–Kier alpha value is -1.06. The highest BCUT2D eigenvalue weighted by atomic mass is 16.5. The SMILES string of the molecule is O=C1CCC(=O)OCCCO1. The summed E-state index contributed by atoms with van der Waals surface area (Å²) in [6.07, 6.45) is 0.870. The van der Waals surface area contributed by atoms with Crippen molar-refractivity contribution in [1.82, 2.24) is 0 Å². The second-order valence-corrected chi connectivity index (χ2v) is 2.29. The molecule has 1 rings (SSSR count). The van der Waals surface area contributed by atoms with Crippen LogP contribution in [0.2, 0.25) is 0 Å². The second kappa shape index (κ2) is 3.95. The van der Waals surface area contributed by atoms with Crippen molar-refractivity contribution in [3.63, 3.8) is 0 Å². The van der Waals surface area contributed by atoms with Crippen LogP contribution in [0.15, 0.2) is 0 Å². The average Bonchev–Trinajstić information content (AvgIpc) is 2.06. The Morgan fingerprint density at radius 3 is 1.82 bits per heavy atom. The molecular weight excluding hydrogens is 148 g/mol. The molecule has 0 spiro atoms. The van der Waals surface area contributed by atoms with E-state index in [1.54, 1.807) is 0 Å². The van der Waals surface area contributed by atoms with Gasteiger partial charge in [-0.15, -0.1) is 0 Å². The first-order valence-corrected chi connectivity index (χ1v) is 3.60.